The molecule has 1 aromatic carbocycles. The quantitative estimate of drug-likeness (QED) is 0.887. The Labute approximate surface area is 124 Å². The van der Waals surface area contributed by atoms with Crippen molar-refractivity contribution in [3.63, 3.8) is 0 Å². The maximum absolute atomic E-state index is 5.59. The van der Waals surface area contributed by atoms with Crippen LogP contribution in [-0.2, 0) is 6.42 Å². The molecule has 1 unspecified atom stereocenters. The van der Waals surface area contributed by atoms with Gasteiger partial charge in [-0.3, -0.25) is 4.90 Å². The molecule has 1 aromatic heterocycles. The molecule has 0 saturated heterocycles. The number of ether oxygens (including phenoxy) is 1. The van der Waals surface area contributed by atoms with Crippen LogP contribution in [0.1, 0.15) is 22.3 Å². The third-order valence-corrected chi connectivity index (χ3v) is 4.08. The van der Waals surface area contributed by atoms with Crippen LogP contribution in [0.25, 0.3) is 0 Å². The van der Waals surface area contributed by atoms with Crippen LogP contribution >= 0.6 is 11.3 Å². The van der Waals surface area contributed by atoms with E-state index in [2.05, 4.69) is 36.5 Å². The standard InChI is InChI=1S/C15H21N3OS/c1-18(2)14(11-5-4-6-13(9-11)19-3)15-17-12(7-8-16)10-20-15/h4-6,9-10,14H,7-8,16H2,1-3H3. The summed E-state index contributed by atoms with van der Waals surface area (Å²) in [6.45, 7) is 0.634. The molecule has 1 atom stereocenters. The molecule has 0 aliphatic heterocycles. The third kappa shape index (κ3) is 3.36. The summed E-state index contributed by atoms with van der Waals surface area (Å²) >= 11 is 1.69. The van der Waals surface area contributed by atoms with Crippen LogP contribution in [0, 0.1) is 0 Å². The Morgan fingerprint density at radius 1 is 1.40 bits per heavy atom. The van der Waals surface area contributed by atoms with Crippen molar-refractivity contribution in [2.24, 2.45) is 5.73 Å². The summed E-state index contributed by atoms with van der Waals surface area (Å²) in [4.78, 5) is 6.88. The van der Waals surface area contributed by atoms with Crippen LogP contribution in [0.3, 0.4) is 0 Å². The van der Waals surface area contributed by atoms with Gasteiger partial charge >= 0.3 is 0 Å². The van der Waals surface area contributed by atoms with Crippen LogP contribution in [-0.4, -0.2) is 37.6 Å². The molecule has 2 aromatic rings. The molecule has 0 aliphatic carbocycles. The Bertz CT molecular complexity index is 554. The van der Waals surface area contributed by atoms with E-state index in [1.165, 1.54) is 5.56 Å². The lowest BCUT2D eigenvalue weighted by molar-refractivity contribution is 0.339. The molecule has 108 valence electrons. The molecule has 0 fully saturated rings. The third-order valence-electron chi connectivity index (χ3n) is 3.13. The monoisotopic (exact) mass is 291 g/mol. The summed E-state index contributed by atoms with van der Waals surface area (Å²) < 4.78 is 5.31. The van der Waals surface area contributed by atoms with Gasteiger partial charge in [-0.15, -0.1) is 11.3 Å². The van der Waals surface area contributed by atoms with Crippen molar-refractivity contribution in [1.82, 2.24) is 9.88 Å². The van der Waals surface area contributed by atoms with Gasteiger partial charge in [0.15, 0.2) is 0 Å². The van der Waals surface area contributed by atoms with Crippen molar-refractivity contribution in [2.45, 2.75) is 12.5 Å². The van der Waals surface area contributed by atoms with Gasteiger partial charge in [-0.05, 0) is 38.3 Å². The van der Waals surface area contributed by atoms with E-state index in [-0.39, 0.29) is 6.04 Å². The fourth-order valence-corrected chi connectivity index (χ4v) is 3.26. The lowest BCUT2D eigenvalue weighted by Crippen LogP contribution is -2.21. The zero-order valence-corrected chi connectivity index (χ0v) is 13.0. The number of thiazole rings is 1. The van der Waals surface area contributed by atoms with Gasteiger partial charge in [0.1, 0.15) is 10.8 Å². The fraction of sp³-hybridized carbons (Fsp3) is 0.400. The van der Waals surface area contributed by atoms with E-state index in [1.54, 1.807) is 18.4 Å². The van der Waals surface area contributed by atoms with E-state index in [4.69, 9.17) is 15.5 Å². The highest BCUT2D eigenvalue weighted by atomic mass is 32.1. The number of methoxy groups -OCH3 is 1. The predicted molar refractivity (Wildman–Crippen MR) is 83.4 cm³/mol. The van der Waals surface area contributed by atoms with Gasteiger partial charge in [-0.25, -0.2) is 4.98 Å². The molecule has 0 saturated carbocycles. The minimum atomic E-state index is 0.140. The predicted octanol–water partition coefficient (Wildman–Crippen LogP) is 2.30. The zero-order valence-electron chi connectivity index (χ0n) is 12.2. The second-order valence-corrected chi connectivity index (χ2v) is 5.75. The number of rotatable bonds is 6. The Morgan fingerprint density at radius 3 is 2.85 bits per heavy atom. The molecule has 0 spiro atoms. The van der Waals surface area contributed by atoms with Gasteiger partial charge < -0.3 is 10.5 Å². The van der Waals surface area contributed by atoms with Gasteiger partial charge in [-0.2, -0.15) is 0 Å². The van der Waals surface area contributed by atoms with Gasteiger partial charge in [0, 0.05) is 11.8 Å². The molecule has 0 amide bonds. The molecular formula is C15H21N3OS. The van der Waals surface area contributed by atoms with Gasteiger partial charge in [0.25, 0.3) is 0 Å². The van der Waals surface area contributed by atoms with Crippen LogP contribution < -0.4 is 10.5 Å². The zero-order chi connectivity index (χ0) is 14.5. The number of benzene rings is 1. The minimum absolute atomic E-state index is 0.140. The van der Waals surface area contributed by atoms with Crippen molar-refractivity contribution in [3.05, 3.63) is 45.9 Å². The topological polar surface area (TPSA) is 51.4 Å². The van der Waals surface area contributed by atoms with E-state index in [0.29, 0.717) is 6.54 Å². The molecule has 2 rings (SSSR count). The first kappa shape index (κ1) is 15.0. The molecule has 20 heavy (non-hydrogen) atoms. The average molecular weight is 291 g/mol. The minimum Gasteiger partial charge on any atom is -0.497 e. The summed E-state index contributed by atoms with van der Waals surface area (Å²) in [7, 11) is 5.81. The molecular weight excluding hydrogens is 270 g/mol. The van der Waals surface area contributed by atoms with Crippen molar-refractivity contribution in [3.8, 4) is 5.75 Å². The summed E-state index contributed by atoms with van der Waals surface area (Å²) in [5, 5.41) is 3.19. The molecule has 1 heterocycles. The van der Waals surface area contributed by atoms with Crippen LogP contribution in [0.5, 0.6) is 5.75 Å². The highest BCUT2D eigenvalue weighted by molar-refractivity contribution is 7.09. The first-order chi connectivity index (χ1) is 9.65. The number of aromatic nitrogens is 1. The van der Waals surface area contributed by atoms with Gasteiger partial charge in [0.2, 0.25) is 0 Å². The molecule has 0 radical (unpaired) electrons. The van der Waals surface area contributed by atoms with E-state index >= 15 is 0 Å². The number of nitrogens with zero attached hydrogens (tertiary/aromatic N) is 2. The Kier molecular flexibility index (Phi) is 5.11. The highest BCUT2D eigenvalue weighted by Gasteiger charge is 2.20. The number of hydrogen-bond donors (Lipinski definition) is 1. The summed E-state index contributed by atoms with van der Waals surface area (Å²) in [5.74, 6) is 0.869. The van der Waals surface area contributed by atoms with Crippen molar-refractivity contribution >= 4 is 11.3 Å². The second-order valence-electron chi connectivity index (χ2n) is 4.86. The fourth-order valence-electron chi connectivity index (χ4n) is 2.18. The smallest absolute Gasteiger partial charge is 0.119 e. The molecule has 4 nitrogen and oxygen atoms in total. The van der Waals surface area contributed by atoms with Crippen molar-refractivity contribution in [2.75, 3.05) is 27.7 Å². The largest absolute Gasteiger partial charge is 0.497 e. The molecule has 2 N–H and O–H groups in total. The Hall–Kier alpha value is -1.43. The normalized spacial score (nSPS) is 12.7. The first-order valence-electron chi connectivity index (χ1n) is 6.60. The van der Waals surface area contributed by atoms with E-state index in [9.17, 15) is 0 Å². The van der Waals surface area contributed by atoms with Crippen LogP contribution in [0.4, 0.5) is 0 Å². The number of nitrogens with two attached hydrogens (primary N) is 1. The highest BCUT2D eigenvalue weighted by Crippen LogP contribution is 2.31. The van der Waals surface area contributed by atoms with Gasteiger partial charge in [0.05, 0.1) is 18.8 Å². The SMILES string of the molecule is COc1cccc(C(c2nc(CCN)cs2)N(C)C)c1. The van der Waals surface area contributed by atoms with E-state index in [1.807, 2.05) is 12.1 Å². The Morgan fingerprint density at radius 2 is 2.20 bits per heavy atom. The average Bonchev–Trinajstić information content (AvgIpc) is 2.87. The molecule has 0 aliphatic rings. The van der Waals surface area contributed by atoms with Crippen LogP contribution in [0.15, 0.2) is 29.6 Å². The summed E-state index contributed by atoms with van der Waals surface area (Å²) in [5.41, 5.74) is 7.85. The van der Waals surface area contributed by atoms with E-state index < -0.39 is 0 Å². The second kappa shape index (κ2) is 6.83. The van der Waals surface area contributed by atoms with Crippen LogP contribution in [0.2, 0.25) is 0 Å². The summed E-state index contributed by atoms with van der Waals surface area (Å²) in [6, 6.07) is 8.28. The van der Waals surface area contributed by atoms with E-state index in [0.717, 1.165) is 22.9 Å². The first-order valence-corrected chi connectivity index (χ1v) is 7.48. The Balaban J connectivity index is 2.34. The van der Waals surface area contributed by atoms with Crippen molar-refractivity contribution < 1.29 is 4.74 Å². The summed E-state index contributed by atoms with van der Waals surface area (Å²) in [6.07, 6.45) is 0.828. The van der Waals surface area contributed by atoms with Gasteiger partial charge in [-0.1, -0.05) is 12.1 Å². The maximum Gasteiger partial charge on any atom is 0.119 e. The number of hydrogen-bond acceptors (Lipinski definition) is 5. The molecule has 0 bridgehead atoms. The maximum atomic E-state index is 5.59. The lowest BCUT2D eigenvalue weighted by Gasteiger charge is -2.23. The van der Waals surface area contributed by atoms with Crippen molar-refractivity contribution in [1.29, 1.82) is 0 Å². The molecule has 5 heteroatoms. The lowest BCUT2D eigenvalue weighted by atomic mass is 10.1.